The second kappa shape index (κ2) is 12.1. The highest BCUT2D eigenvalue weighted by Crippen LogP contribution is 2.15. The number of amides is 2. The number of benzene rings is 3. The number of carbonyl (C=O) groups is 2. The fourth-order valence-electron chi connectivity index (χ4n) is 3.52. The van der Waals surface area contributed by atoms with Gasteiger partial charge in [0.25, 0.3) is 5.91 Å². The third-order valence-corrected chi connectivity index (χ3v) is 5.33. The Kier molecular flexibility index (Phi) is 8.13. The Hall–Kier alpha value is -4.56. The number of imidazole rings is 2. The minimum absolute atomic E-state index is 0.368. The van der Waals surface area contributed by atoms with Crippen molar-refractivity contribution in [2.75, 3.05) is 0 Å². The van der Waals surface area contributed by atoms with Gasteiger partial charge < -0.3 is 15.3 Å². The Balaban J connectivity index is 0.000000514. The van der Waals surface area contributed by atoms with Crippen molar-refractivity contribution in [1.29, 1.82) is 0 Å². The van der Waals surface area contributed by atoms with Crippen LogP contribution in [0.3, 0.4) is 0 Å². The average Bonchev–Trinajstić information content (AvgIpc) is 3.64. The molecule has 5 aromatic rings. The molecule has 35 heavy (non-hydrogen) atoms. The van der Waals surface area contributed by atoms with Gasteiger partial charge in [0, 0.05) is 37.1 Å². The van der Waals surface area contributed by atoms with E-state index in [0.29, 0.717) is 18.5 Å². The maximum Gasteiger partial charge on any atom is 0.257 e. The highest BCUT2D eigenvalue weighted by atomic mass is 16.2. The van der Waals surface area contributed by atoms with Gasteiger partial charge in [-0.25, -0.2) is 9.97 Å². The second-order valence-corrected chi connectivity index (χ2v) is 7.82. The quantitative estimate of drug-likeness (QED) is 0.292. The van der Waals surface area contributed by atoms with Crippen molar-refractivity contribution in [3.63, 3.8) is 0 Å². The van der Waals surface area contributed by atoms with Gasteiger partial charge in [0.05, 0.1) is 24.4 Å². The van der Waals surface area contributed by atoms with Crippen molar-refractivity contribution in [1.82, 2.24) is 30.6 Å². The summed E-state index contributed by atoms with van der Waals surface area (Å²) in [6, 6.07) is 22.4. The van der Waals surface area contributed by atoms with Crippen molar-refractivity contribution in [2.24, 2.45) is 0 Å². The minimum atomic E-state index is -0.599. The Labute approximate surface area is 202 Å². The summed E-state index contributed by atoms with van der Waals surface area (Å²) in [6.07, 6.45) is 8.77. The van der Waals surface area contributed by atoms with Crippen LogP contribution in [0.1, 0.15) is 21.6 Å². The zero-order chi connectivity index (χ0) is 24.3. The van der Waals surface area contributed by atoms with Crippen molar-refractivity contribution in [3.8, 4) is 0 Å². The molecule has 1 atom stereocenters. The molecule has 8 heteroatoms. The first kappa shape index (κ1) is 23.6. The second-order valence-electron chi connectivity index (χ2n) is 7.82. The molecule has 0 saturated carbocycles. The molecular formula is C27H26N6O2. The van der Waals surface area contributed by atoms with Crippen LogP contribution in [-0.4, -0.2) is 37.8 Å². The minimum Gasteiger partial charge on any atom is -0.351 e. The van der Waals surface area contributed by atoms with Gasteiger partial charge in [-0.15, -0.1) is 0 Å². The van der Waals surface area contributed by atoms with Gasteiger partial charge in [-0.1, -0.05) is 60.7 Å². The summed E-state index contributed by atoms with van der Waals surface area (Å²) in [5, 5.41) is 7.77. The zero-order valence-corrected chi connectivity index (χ0v) is 19.0. The number of H-pyrrole nitrogens is 2. The van der Waals surface area contributed by atoms with Gasteiger partial charge in [-0.2, -0.15) is 0 Å². The van der Waals surface area contributed by atoms with E-state index in [1.165, 1.54) is 0 Å². The molecule has 8 nitrogen and oxygen atoms in total. The number of aromatic amines is 2. The van der Waals surface area contributed by atoms with E-state index in [1.807, 2.05) is 60.7 Å². The molecule has 0 radical (unpaired) electrons. The predicted octanol–water partition coefficient (Wildman–Crippen LogP) is 3.63. The molecule has 0 fully saturated rings. The Morgan fingerprint density at radius 2 is 1.69 bits per heavy atom. The monoisotopic (exact) mass is 466 g/mol. The number of nitrogens with zero attached hydrogens (tertiary/aromatic N) is 2. The summed E-state index contributed by atoms with van der Waals surface area (Å²) in [5.74, 6) is -0.800. The Bertz CT molecular complexity index is 1320. The van der Waals surface area contributed by atoms with Crippen LogP contribution >= 0.6 is 0 Å². The van der Waals surface area contributed by atoms with E-state index in [4.69, 9.17) is 0 Å². The summed E-state index contributed by atoms with van der Waals surface area (Å²) in [5.41, 5.74) is 2.25. The van der Waals surface area contributed by atoms with Crippen LogP contribution in [0.25, 0.3) is 10.8 Å². The summed E-state index contributed by atoms with van der Waals surface area (Å²) in [6.45, 7) is 0.507. The van der Waals surface area contributed by atoms with Crippen LogP contribution < -0.4 is 10.6 Å². The van der Waals surface area contributed by atoms with Crippen molar-refractivity contribution < 1.29 is 9.59 Å². The molecule has 2 heterocycles. The van der Waals surface area contributed by atoms with Gasteiger partial charge in [0.15, 0.2) is 0 Å². The lowest BCUT2D eigenvalue weighted by Gasteiger charge is -2.17. The van der Waals surface area contributed by atoms with Crippen LogP contribution in [0, 0.1) is 0 Å². The van der Waals surface area contributed by atoms with Gasteiger partial charge >= 0.3 is 0 Å². The molecule has 4 N–H and O–H groups in total. The number of rotatable bonds is 7. The first-order valence-corrected chi connectivity index (χ1v) is 11.2. The SMILES string of the molecule is O=C(NC(=O)[C@H](Cc1c[nH]cn1)NCc1ccccc1)c1ccc2ccccc2c1.c1c[nH]cn1. The van der Waals surface area contributed by atoms with Crippen LogP contribution in [-0.2, 0) is 17.8 Å². The number of hydrogen-bond acceptors (Lipinski definition) is 5. The normalized spacial score (nSPS) is 11.3. The number of nitrogens with one attached hydrogen (secondary N) is 4. The molecular weight excluding hydrogens is 440 g/mol. The Morgan fingerprint density at radius 3 is 2.37 bits per heavy atom. The first-order chi connectivity index (χ1) is 17.2. The smallest absolute Gasteiger partial charge is 0.257 e. The number of aromatic nitrogens is 4. The highest BCUT2D eigenvalue weighted by molar-refractivity contribution is 6.07. The molecule has 0 aliphatic rings. The van der Waals surface area contributed by atoms with E-state index < -0.39 is 11.9 Å². The first-order valence-electron chi connectivity index (χ1n) is 11.2. The molecule has 2 aromatic heterocycles. The molecule has 5 rings (SSSR count). The standard InChI is InChI=1S/C24H22N4O2.C3H4N2/c29-23(20-11-10-18-8-4-5-9-19(18)12-20)28-24(30)22(13-21-15-25-16-27-21)26-14-17-6-2-1-3-7-17;1-2-5-3-4-1/h1-12,15-16,22,26H,13-14H2,(H,25,27)(H,28,29,30);1-3H,(H,4,5)/t22-;/m0./s1. The molecule has 0 aliphatic heterocycles. The fourth-order valence-corrected chi connectivity index (χ4v) is 3.52. The van der Waals surface area contributed by atoms with Gasteiger partial charge in [0.1, 0.15) is 0 Å². The number of hydrogen-bond donors (Lipinski definition) is 4. The maximum absolute atomic E-state index is 12.9. The molecule has 176 valence electrons. The van der Waals surface area contributed by atoms with Crippen LogP contribution in [0.15, 0.2) is 104 Å². The van der Waals surface area contributed by atoms with E-state index in [9.17, 15) is 9.59 Å². The van der Waals surface area contributed by atoms with Gasteiger partial charge in [-0.05, 0) is 28.5 Å². The molecule has 0 spiro atoms. The van der Waals surface area contributed by atoms with E-state index in [-0.39, 0.29) is 5.91 Å². The summed E-state index contributed by atoms with van der Waals surface area (Å²) < 4.78 is 0. The average molecular weight is 467 g/mol. The largest absolute Gasteiger partial charge is 0.351 e. The summed E-state index contributed by atoms with van der Waals surface area (Å²) in [4.78, 5) is 39.1. The van der Waals surface area contributed by atoms with Crippen molar-refractivity contribution >= 4 is 22.6 Å². The van der Waals surface area contributed by atoms with Gasteiger partial charge in [-0.3, -0.25) is 14.9 Å². The lowest BCUT2D eigenvalue weighted by molar-refractivity contribution is -0.122. The number of imide groups is 1. The Morgan fingerprint density at radius 1 is 0.886 bits per heavy atom. The van der Waals surface area contributed by atoms with Crippen LogP contribution in [0.5, 0.6) is 0 Å². The lowest BCUT2D eigenvalue weighted by atomic mass is 10.1. The molecule has 0 unspecified atom stereocenters. The molecule has 2 amide bonds. The number of fused-ring (bicyclic) bond motifs is 1. The predicted molar refractivity (Wildman–Crippen MR) is 134 cm³/mol. The van der Waals surface area contributed by atoms with Gasteiger partial charge in [0.2, 0.25) is 5.91 Å². The fraction of sp³-hybridized carbons (Fsp3) is 0.111. The molecule has 0 saturated heterocycles. The van der Waals surface area contributed by atoms with Crippen LogP contribution in [0.2, 0.25) is 0 Å². The highest BCUT2D eigenvalue weighted by Gasteiger charge is 2.22. The molecule has 0 bridgehead atoms. The summed E-state index contributed by atoms with van der Waals surface area (Å²) in [7, 11) is 0. The van der Waals surface area contributed by atoms with Crippen molar-refractivity contribution in [3.05, 3.63) is 121 Å². The lowest BCUT2D eigenvalue weighted by Crippen LogP contribution is -2.47. The molecule has 3 aromatic carbocycles. The maximum atomic E-state index is 12.9. The van der Waals surface area contributed by atoms with E-state index in [1.54, 1.807) is 43.4 Å². The van der Waals surface area contributed by atoms with E-state index in [2.05, 4.69) is 30.6 Å². The van der Waals surface area contributed by atoms with E-state index in [0.717, 1.165) is 22.0 Å². The topological polar surface area (TPSA) is 116 Å². The third kappa shape index (κ3) is 6.96. The van der Waals surface area contributed by atoms with Crippen molar-refractivity contribution in [2.45, 2.75) is 19.0 Å². The third-order valence-electron chi connectivity index (χ3n) is 5.33. The zero-order valence-electron chi connectivity index (χ0n) is 19.0. The van der Waals surface area contributed by atoms with Crippen LogP contribution in [0.4, 0.5) is 0 Å². The summed E-state index contributed by atoms with van der Waals surface area (Å²) >= 11 is 0. The number of carbonyl (C=O) groups excluding carboxylic acids is 2. The van der Waals surface area contributed by atoms with E-state index >= 15 is 0 Å². The molecule has 0 aliphatic carbocycles.